The van der Waals surface area contributed by atoms with E-state index < -0.39 is 18.0 Å². The third kappa shape index (κ3) is 7.66. The maximum atomic E-state index is 11.6. The van der Waals surface area contributed by atoms with E-state index in [1.54, 1.807) is 30.3 Å². The molecule has 0 fully saturated rings. The predicted octanol–water partition coefficient (Wildman–Crippen LogP) is 4.75. The van der Waals surface area contributed by atoms with E-state index in [0.29, 0.717) is 30.2 Å². The third-order valence-electron chi connectivity index (χ3n) is 6.02. The van der Waals surface area contributed by atoms with Gasteiger partial charge >= 0.3 is 5.97 Å². The Kier molecular flexibility index (Phi) is 9.15. The van der Waals surface area contributed by atoms with Crippen LogP contribution in [0.5, 0.6) is 17.2 Å². The fraction of sp³-hybridized carbons (Fsp3) is 0.233. The molecule has 9 nitrogen and oxygen atoms in total. The molecule has 1 atom stereocenters. The summed E-state index contributed by atoms with van der Waals surface area (Å²) >= 11 is 1.18. The summed E-state index contributed by atoms with van der Waals surface area (Å²) in [6, 6.07) is 21.5. The summed E-state index contributed by atoms with van der Waals surface area (Å²) in [4.78, 5) is 27.8. The van der Waals surface area contributed by atoms with Crippen molar-refractivity contribution in [2.24, 2.45) is 5.73 Å². The van der Waals surface area contributed by atoms with Crippen LogP contribution in [0.1, 0.15) is 39.6 Å². The summed E-state index contributed by atoms with van der Waals surface area (Å²) in [7, 11) is 0. The largest absolute Gasteiger partial charge is 0.490 e. The first-order valence-corrected chi connectivity index (χ1v) is 13.4. The summed E-state index contributed by atoms with van der Waals surface area (Å²) in [5.74, 6) is -0.194. The number of carboxylic acid groups (broad SMARTS) is 1. The molecule has 0 saturated heterocycles. The minimum absolute atomic E-state index is 0.0711. The molecule has 2 aromatic heterocycles. The Labute approximate surface area is 236 Å². The Morgan fingerprint density at radius 1 is 1.02 bits per heavy atom. The number of nitrogens with one attached hydrogen (secondary N) is 1. The van der Waals surface area contributed by atoms with Crippen molar-refractivity contribution in [2.75, 3.05) is 13.2 Å². The number of β-amino-alcohol motifs (C(OH)–C–C–N with tert-alkyl or cyclic N) is 1. The van der Waals surface area contributed by atoms with E-state index in [9.17, 15) is 19.8 Å². The van der Waals surface area contributed by atoms with Crippen molar-refractivity contribution < 1.29 is 29.3 Å². The molecular weight excluding hydrogens is 530 g/mol. The molecule has 0 spiro atoms. The van der Waals surface area contributed by atoms with Crippen LogP contribution in [0, 0.1) is 0 Å². The molecule has 2 heterocycles. The van der Waals surface area contributed by atoms with Crippen LogP contribution in [-0.4, -0.2) is 51.9 Å². The fourth-order valence-electron chi connectivity index (χ4n) is 4.07. The topological polar surface area (TPSA) is 144 Å². The van der Waals surface area contributed by atoms with Crippen molar-refractivity contribution >= 4 is 23.2 Å². The van der Waals surface area contributed by atoms with Crippen LogP contribution in [-0.2, 0) is 6.42 Å². The number of carbonyl (C=O) groups is 2. The fourth-order valence-corrected chi connectivity index (χ4v) is 4.94. The van der Waals surface area contributed by atoms with Gasteiger partial charge < -0.3 is 30.7 Å². The smallest absolute Gasteiger partial charge is 0.345 e. The summed E-state index contributed by atoms with van der Waals surface area (Å²) in [5.41, 5.74) is 6.95. The molecule has 0 aliphatic carbocycles. The molecule has 0 saturated carbocycles. The summed E-state index contributed by atoms with van der Waals surface area (Å²) in [6.45, 7) is 4.48. The first-order valence-electron chi connectivity index (χ1n) is 12.6. The maximum Gasteiger partial charge on any atom is 0.345 e. The third-order valence-corrected chi connectivity index (χ3v) is 7.12. The molecule has 0 aliphatic heterocycles. The number of carbonyl (C=O) groups excluding carboxylic acids is 1. The number of nitrogens with zero attached hydrogens (tertiary/aromatic N) is 1. The molecule has 0 radical (unpaired) electrons. The van der Waals surface area contributed by atoms with Crippen LogP contribution < -0.4 is 20.5 Å². The maximum absolute atomic E-state index is 11.6. The molecule has 0 aliphatic rings. The van der Waals surface area contributed by atoms with Gasteiger partial charge in [0.2, 0.25) is 0 Å². The molecule has 0 bridgehead atoms. The lowest BCUT2D eigenvalue weighted by Gasteiger charge is -2.28. The van der Waals surface area contributed by atoms with E-state index in [2.05, 4.69) is 10.3 Å². The first-order chi connectivity index (χ1) is 19.1. The number of ether oxygens (including phenoxy) is 2. The number of hydrogen-bond donors (Lipinski definition) is 4. The quantitative estimate of drug-likeness (QED) is 0.183. The number of aromatic nitrogens is 1. The van der Waals surface area contributed by atoms with E-state index in [-0.39, 0.29) is 22.7 Å². The molecule has 5 N–H and O–H groups in total. The van der Waals surface area contributed by atoms with Crippen molar-refractivity contribution in [3.05, 3.63) is 95.1 Å². The van der Waals surface area contributed by atoms with Gasteiger partial charge in [-0.2, -0.15) is 0 Å². The number of amides is 1. The highest BCUT2D eigenvalue weighted by Crippen LogP contribution is 2.35. The van der Waals surface area contributed by atoms with E-state index in [1.807, 2.05) is 56.3 Å². The van der Waals surface area contributed by atoms with Gasteiger partial charge in [0.15, 0.2) is 11.4 Å². The highest BCUT2D eigenvalue weighted by molar-refractivity contribution is 7.17. The lowest BCUT2D eigenvalue weighted by atomic mass is 9.94. The zero-order valence-corrected chi connectivity index (χ0v) is 23.0. The van der Waals surface area contributed by atoms with Crippen molar-refractivity contribution in [2.45, 2.75) is 31.9 Å². The first kappa shape index (κ1) is 28.8. The molecule has 10 heteroatoms. The van der Waals surface area contributed by atoms with Crippen LogP contribution in [0.15, 0.2) is 79.0 Å². The number of carboxylic acids is 1. The number of benzene rings is 2. The summed E-state index contributed by atoms with van der Waals surface area (Å²) in [6.07, 6.45) is 1.41. The van der Waals surface area contributed by atoms with Crippen molar-refractivity contribution in [3.63, 3.8) is 0 Å². The van der Waals surface area contributed by atoms with Crippen molar-refractivity contribution in [3.8, 4) is 27.7 Å². The van der Waals surface area contributed by atoms with Gasteiger partial charge in [-0.15, -0.1) is 11.3 Å². The van der Waals surface area contributed by atoms with E-state index in [4.69, 9.17) is 15.2 Å². The second kappa shape index (κ2) is 12.7. The molecule has 2 aromatic carbocycles. The van der Waals surface area contributed by atoms with Gasteiger partial charge in [0, 0.05) is 28.7 Å². The molecule has 40 heavy (non-hydrogen) atoms. The Balaban J connectivity index is 1.29. The van der Waals surface area contributed by atoms with Gasteiger partial charge in [0.1, 0.15) is 29.1 Å². The number of thiophene rings is 1. The monoisotopic (exact) mass is 561 g/mol. The van der Waals surface area contributed by atoms with Gasteiger partial charge in [-0.1, -0.05) is 24.3 Å². The molecule has 208 valence electrons. The second-order valence-electron chi connectivity index (χ2n) is 9.83. The van der Waals surface area contributed by atoms with Gasteiger partial charge in [-0.3, -0.25) is 4.79 Å². The lowest BCUT2D eigenvalue weighted by Crippen LogP contribution is -2.46. The zero-order valence-electron chi connectivity index (χ0n) is 22.2. The number of primary amides is 1. The minimum Gasteiger partial charge on any atom is -0.490 e. The number of nitrogens with two attached hydrogens (primary N) is 1. The van der Waals surface area contributed by atoms with Gasteiger partial charge in [-0.25, -0.2) is 9.78 Å². The number of pyridine rings is 1. The van der Waals surface area contributed by atoms with Crippen LogP contribution >= 0.6 is 11.3 Å². The molecule has 1 unspecified atom stereocenters. The normalized spacial score (nSPS) is 12.1. The number of aliphatic hydroxyl groups excluding tert-OH is 1. The number of para-hydroxylation sites is 1. The standard InChI is InChI=1S/C30H31N3O6S/c1-30(2,16-19-9-11-21(12-10-19)39-24-8-5-15-32-27(24)28(31)35)33-17-20(34)18-38-23-7-4-3-6-22(23)25-13-14-26(40-25)29(36)37/h3-15,20,33-34H,16-18H2,1-2H3,(H2,31,35)(H,36,37). The average molecular weight is 562 g/mol. The van der Waals surface area contributed by atoms with Gasteiger partial charge in [-0.05, 0) is 74.4 Å². The molecule has 1 amide bonds. The van der Waals surface area contributed by atoms with Crippen LogP contribution in [0.25, 0.3) is 10.4 Å². The summed E-state index contributed by atoms with van der Waals surface area (Å²) in [5, 5.41) is 23.2. The zero-order chi connectivity index (χ0) is 28.7. The molecular formula is C30H31N3O6S. The number of hydrogen-bond acceptors (Lipinski definition) is 8. The second-order valence-corrected chi connectivity index (χ2v) is 10.9. The van der Waals surface area contributed by atoms with Crippen molar-refractivity contribution in [1.29, 1.82) is 0 Å². The Bertz CT molecular complexity index is 1470. The van der Waals surface area contributed by atoms with Gasteiger partial charge in [0.05, 0.1) is 0 Å². The molecule has 4 rings (SSSR count). The minimum atomic E-state index is -0.966. The van der Waals surface area contributed by atoms with E-state index >= 15 is 0 Å². The average Bonchev–Trinajstić information content (AvgIpc) is 3.43. The Hall–Kier alpha value is -4.25. The number of aliphatic hydroxyl groups is 1. The van der Waals surface area contributed by atoms with Crippen LogP contribution in [0.4, 0.5) is 0 Å². The SMILES string of the molecule is CC(C)(Cc1ccc(Oc2cccnc2C(N)=O)cc1)NCC(O)COc1ccccc1-c1ccc(C(=O)O)s1. The highest BCUT2D eigenvalue weighted by Gasteiger charge is 2.20. The molecule has 4 aromatic rings. The lowest BCUT2D eigenvalue weighted by molar-refractivity contribution is 0.0702. The van der Waals surface area contributed by atoms with E-state index in [0.717, 1.165) is 16.0 Å². The number of aromatic carboxylic acids is 1. The Morgan fingerprint density at radius 2 is 1.75 bits per heavy atom. The van der Waals surface area contributed by atoms with E-state index in [1.165, 1.54) is 17.5 Å². The predicted molar refractivity (Wildman–Crippen MR) is 153 cm³/mol. The van der Waals surface area contributed by atoms with Crippen LogP contribution in [0.3, 0.4) is 0 Å². The number of rotatable bonds is 13. The van der Waals surface area contributed by atoms with Crippen LogP contribution in [0.2, 0.25) is 0 Å². The Morgan fingerprint density at radius 3 is 2.45 bits per heavy atom. The van der Waals surface area contributed by atoms with Gasteiger partial charge in [0.25, 0.3) is 5.91 Å². The highest BCUT2D eigenvalue weighted by atomic mass is 32.1. The van der Waals surface area contributed by atoms with Crippen molar-refractivity contribution in [1.82, 2.24) is 10.3 Å². The summed E-state index contributed by atoms with van der Waals surface area (Å²) < 4.78 is 11.7.